The summed E-state index contributed by atoms with van der Waals surface area (Å²) in [5.74, 6) is -0.327. The number of aliphatic hydroxyl groups is 1. The van der Waals surface area contributed by atoms with Crippen molar-refractivity contribution in [3.8, 4) is 11.1 Å². The van der Waals surface area contributed by atoms with Gasteiger partial charge in [0, 0.05) is 5.02 Å². The molecule has 0 spiro atoms. The van der Waals surface area contributed by atoms with Crippen molar-refractivity contribution in [1.29, 1.82) is 0 Å². The molecule has 2 rings (SSSR count). The van der Waals surface area contributed by atoms with E-state index in [1.165, 1.54) is 12.1 Å². The van der Waals surface area contributed by atoms with Crippen LogP contribution in [0.4, 0.5) is 4.39 Å². The predicted octanol–water partition coefficient (Wildman–Crippen LogP) is 3.64. The van der Waals surface area contributed by atoms with Gasteiger partial charge in [0.05, 0.1) is 6.61 Å². The maximum Gasteiger partial charge on any atom is 0.123 e. The Labute approximate surface area is 98.1 Å². The summed E-state index contributed by atoms with van der Waals surface area (Å²) < 4.78 is 13.2. The van der Waals surface area contributed by atoms with Gasteiger partial charge in [-0.1, -0.05) is 29.8 Å². The summed E-state index contributed by atoms with van der Waals surface area (Å²) in [4.78, 5) is 0. The molecule has 0 atom stereocenters. The second kappa shape index (κ2) is 4.64. The standard InChI is InChI=1S/C13H10ClFO/c14-11-3-1-2-9(6-11)13-7-12(15)5-4-10(13)8-16/h1-7,16H,8H2. The van der Waals surface area contributed by atoms with Crippen LogP contribution in [0.25, 0.3) is 11.1 Å². The summed E-state index contributed by atoms with van der Waals surface area (Å²) in [7, 11) is 0. The third kappa shape index (κ3) is 2.23. The second-order valence-corrected chi connectivity index (χ2v) is 3.91. The third-order valence-corrected chi connectivity index (χ3v) is 2.61. The van der Waals surface area contributed by atoms with Crippen molar-refractivity contribution in [3.63, 3.8) is 0 Å². The highest BCUT2D eigenvalue weighted by atomic mass is 35.5. The van der Waals surface area contributed by atoms with Crippen LogP contribution >= 0.6 is 11.6 Å². The average molecular weight is 237 g/mol. The molecule has 0 aliphatic carbocycles. The number of aliphatic hydroxyl groups excluding tert-OH is 1. The fraction of sp³-hybridized carbons (Fsp3) is 0.0769. The van der Waals surface area contributed by atoms with Crippen molar-refractivity contribution in [1.82, 2.24) is 0 Å². The van der Waals surface area contributed by atoms with Crippen LogP contribution < -0.4 is 0 Å². The monoisotopic (exact) mass is 236 g/mol. The fourth-order valence-corrected chi connectivity index (χ4v) is 1.80. The van der Waals surface area contributed by atoms with Gasteiger partial charge in [0.2, 0.25) is 0 Å². The van der Waals surface area contributed by atoms with Gasteiger partial charge in [-0.2, -0.15) is 0 Å². The smallest absolute Gasteiger partial charge is 0.123 e. The fourth-order valence-electron chi connectivity index (χ4n) is 1.61. The molecule has 2 aromatic carbocycles. The van der Waals surface area contributed by atoms with Gasteiger partial charge >= 0.3 is 0 Å². The first-order valence-corrected chi connectivity index (χ1v) is 5.24. The van der Waals surface area contributed by atoms with Gasteiger partial charge in [0.15, 0.2) is 0 Å². The van der Waals surface area contributed by atoms with E-state index in [2.05, 4.69) is 0 Å². The quantitative estimate of drug-likeness (QED) is 0.844. The van der Waals surface area contributed by atoms with Crippen LogP contribution in [0.3, 0.4) is 0 Å². The van der Waals surface area contributed by atoms with E-state index in [1.54, 1.807) is 24.3 Å². The molecule has 1 nitrogen and oxygen atoms in total. The van der Waals surface area contributed by atoms with Crippen molar-refractivity contribution in [2.45, 2.75) is 6.61 Å². The van der Waals surface area contributed by atoms with Gasteiger partial charge in [0.25, 0.3) is 0 Å². The first-order chi connectivity index (χ1) is 7.70. The molecule has 0 aliphatic heterocycles. The Morgan fingerprint density at radius 2 is 1.94 bits per heavy atom. The minimum atomic E-state index is -0.327. The summed E-state index contributed by atoms with van der Waals surface area (Å²) in [5.41, 5.74) is 2.16. The van der Waals surface area contributed by atoms with Crippen molar-refractivity contribution >= 4 is 11.6 Å². The summed E-state index contributed by atoms with van der Waals surface area (Å²) in [6.07, 6.45) is 0. The van der Waals surface area contributed by atoms with E-state index in [4.69, 9.17) is 11.6 Å². The zero-order valence-electron chi connectivity index (χ0n) is 8.45. The molecule has 0 aromatic heterocycles. The molecule has 0 amide bonds. The van der Waals surface area contributed by atoms with Crippen molar-refractivity contribution in [3.05, 3.63) is 58.9 Å². The topological polar surface area (TPSA) is 20.2 Å². The zero-order chi connectivity index (χ0) is 11.5. The normalized spacial score (nSPS) is 10.4. The van der Waals surface area contributed by atoms with E-state index in [-0.39, 0.29) is 12.4 Å². The van der Waals surface area contributed by atoms with Crippen molar-refractivity contribution in [2.24, 2.45) is 0 Å². The first-order valence-electron chi connectivity index (χ1n) is 4.86. The van der Waals surface area contributed by atoms with Gasteiger partial charge in [-0.15, -0.1) is 0 Å². The van der Waals surface area contributed by atoms with Gasteiger partial charge in [-0.3, -0.25) is 0 Å². The minimum Gasteiger partial charge on any atom is -0.392 e. The molecule has 0 unspecified atom stereocenters. The highest BCUT2D eigenvalue weighted by Crippen LogP contribution is 2.27. The second-order valence-electron chi connectivity index (χ2n) is 3.47. The molecule has 0 saturated heterocycles. The Balaban J connectivity index is 2.58. The molecule has 0 radical (unpaired) electrons. The molecule has 3 heteroatoms. The number of hydrogen-bond donors (Lipinski definition) is 1. The van der Waals surface area contributed by atoms with Crippen molar-refractivity contribution in [2.75, 3.05) is 0 Å². The maximum atomic E-state index is 13.2. The molecular formula is C13H10ClFO. The first kappa shape index (κ1) is 11.1. The Morgan fingerprint density at radius 3 is 2.62 bits per heavy atom. The lowest BCUT2D eigenvalue weighted by Gasteiger charge is -2.08. The molecule has 1 N–H and O–H groups in total. The lowest BCUT2D eigenvalue weighted by atomic mass is 10.00. The maximum absolute atomic E-state index is 13.2. The largest absolute Gasteiger partial charge is 0.392 e. The van der Waals surface area contributed by atoms with Gasteiger partial charge in [-0.05, 0) is 41.0 Å². The molecule has 0 heterocycles. The Hall–Kier alpha value is -1.38. The highest BCUT2D eigenvalue weighted by molar-refractivity contribution is 6.30. The summed E-state index contributed by atoms with van der Waals surface area (Å²) in [6, 6.07) is 11.4. The molecule has 0 fully saturated rings. The van der Waals surface area contributed by atoms with Crippen LogP contribution in [0.5, 0.6) is 0 Å². The van der Waals surface area contributed by atoms with Gasteiger partial charge < -0.3 is 5.11 Å². The van der Waals surface area contributed by atoms with Gasteiger partial charge in [0.1, 0.15) is 5.82 Å². The van der Waals surface area contributed by atoms with Crippen LogP contribution in [-0.4, -0.2) is 5.11 Å². The third-order valence-electron chi connectivity index (χ3n) is 2.38. The summed E-state index contributed by atoms with van der Waals surface area (Å²) >= 11 is 5.87. The number of hydrogen-bond acceptors (Lipinski definition) is 1. The minimum absolute atomic E-state index is 0.123. The number of rotatable bonds is 2. The lowest BCUT2D eigenvalue weighted by Crippen LogP contribution is -1.90. The average Bonchev–Trinajstić information content (AvgIpc) is 2.29. The summed E-state index contributed by atoms with van der Waals surface area (Å²) in [6.45, 7) is -0.123. The van der Waals surface area contributed by atoms with E-state index >= 15 is 0 Å². The van der Waals surface area contributed by atoms with Crippen molar-refractivity contribution < 1.29 is 9.50 Å². The predicted molar refractivity (Wildman–Crippen MR) is 62.8 cm³/mol. The van der Waals surface area contributed by atoms with Crippen LogP contribution in [0.15, 0.2) is 42.5 Å². The van der Waals surface area contributed by atoms with Crippen LogP contribution in [-0.2, 0) is 6.61 Å². The number of benzene rings is 2. The molecule has 16 heavy (non-hydrogen) atoms. The molecule has 0 bridgehead atoms. The highest BCUT2D eigenvalue weighted by Gasteiger charge is 2.06. The van der Waals surface area contributed by atoms with Gasteiger partial charge in [-0.25, -0.2) is 4.39 Å². The Morgan fingerprint density at radius 1 is 1.12 bits per heavy atom. The van der Waals surface area contributed by atoms with Crippen LogP contribution in [0.1, 0.15) is 5.56 Å². The Bertz CT molecular complexity index is 511. The molecular weight excluding hydrogens is 227 g/mol. The lowest BCUT2D eigenvalue weighted by molar-refractivity contribution is 0.282. The van der Waals surface area contributed by atoms with E-state index in [0.29, 0.717) is 16.1 Å². The van der Waals surface area contributed by atoms with E-state index in [1.807, 2.05) is 6.07 Å². The Kier molecular flexibility index (Phi) is 3.22. The van der Waals surface area contributed by atoms with E-state index in [9.17, 15) is 9.50 Å². The zero-order valence-corrected chi connectivity index (χ0v) is 9.21. The molecule has 0 aliphatic rings. The van der Waals surface area contributed by atoms with Crippen LogP contribution in [0.2, 0.25) is 5.02 Å². The molecule has 82 valence electrons. The molecule has 0 saturated carbocycles. The molecule has 2 aromatic rings. The van der Waals surface area contributed by atoms with E-state index < -0.39 is 0 Å². The SMILES string of the molecule is OCc1ccc(F)cc1-c1cccc(Cl)c1. The number of halogens is 2. The summed E-state index contributed by atoms with van der Waals surface area (Å²) in [5, 5.41) is 9.77. The van der Waals surface area contributed by atoms with E-state index in [0.717, 1.165) is 5.56 Å². The van der Waals surface area contributed by atoms with Crippen LogP contribution in [0, 0.1) is 5.82 Å².